The molecule has 0 atom stereocenters. The van der Waals surface area contributed by atoms with Crippen LogP contribution in [0.3, 0.4) is 0 Å². The van der Waals surface area contributed by atoms with Crippen molar-refractivity contribution in [1.29, 1.82) is 0 Å². The number of hydrogen-bond acceptors (Lipinski definition) is 3. The van der Waals surface area contributed by atoms with E-state index in [1.54, 1.807) is 0 Å². The standard InChI is InChI=1S/C14H23N3/c1-4-5-13-16-9-12(8-15-10(2)3)14(17-13)11-6-7-11/h9-11,15H,4-8H2,1-3H3. The average molecular weight is 233 g/mol. The van der Waals surface area contributed by atoms with Gasteiger partial charge < -0.3 is 5.32 Å². The Morgan fingerprint density at radius 2 is 2.18 bits per heavy atom. The molecule has 0 spiro atoms. The molecule has 0 saturated heterocycles. The van der Waals surface area contributed by atoms with Crippen molar-refractivity contribution in [2.75, 3.05) is 0 Å². The highest BCUT2D eigenvalue weighted by molar-refractivity contribution is 5.25. The Hall–Kier alpha value is -0.960. The third kappa shape index (κ3) is 3.50. The molecule has 3 nitrogen and oxygen atoms in total. The predicted octanol–water partition coefficient (Wildman–Crippen LogP) is 2.80. The molecule has 2 rings (SSSR count). The van der Waals surface area contributed by atoms with E-state index in [1.165, 1.54) is 24.1 Å². The number of aryl methyl sites for hydroxylation is 1. The predicted molar refractivity (Wildman–Crippen MR) is 70.0 cm³/mol. The summed E-state index contributed by atoms with van der Waals surface area (Å²) < 4.78 is 0. The van der Waals surface area contributed by atoms with E-state index in [0.717, 1.165) is 25.2 Å². The molecule has 0 amide bonds. The first-order valence-corrected chi connectivity index (χ1v) is 6.78. The van der Waals surface area contributed by atoms with Crippen LogP contribution in [0.5, 0.6) is 0 Å². The van der Waals surface area contributed by atoms with Gasteiger partial charge in [0.15, 0.2) is 0 Å². The molecule has 1 N–H and O–H groups in total. The summed E-state index contributed by atoms with van der Waals surface area (Å²) in [6, 6.07) is 0.511. The smallest absolute Gasteiger partial charge is 0.128 e. The second kappa shape index (κ2) is 5.58. The van der Waals surface area contributed by atoms with Gasteiger partial charge in [0.1, 0.15) is 5.82 Å². The van der Waals surface area contributed by atoms with E-state index in [1.807, 2.05) is 6.20 Å². The molecule has 17 heavy (non-hydrogen) atoms. The van der Waals surface area contributed by atoms with Crippen LogP contribution < -0.4 is 5.32 Å². The van der Waals surface area contributed by atoms with Crippen molar-refractivity contribution >= 4 is 0 Å². The number of rotatable bonds is 6. The highest BCUT2D eigenvalue weighted by atomic mass is 14.9. The van der Waals surface area contributed by atoms with Gasteiger partial charge in [-0.25, -0.2) is 9.97 Å². The molecule has 0 aliphatic heterocycles. The monoisotopic (exact) mass is 233 g/mol. The van der Waals surface area contributed by atoms with E-state index in [4.69, 9.17) is 4.98 Å². The normalized spacial score (nSPS) is 15.5. The van der Waals surface area contributed by atoms with Crippen molar-refractivity contribution < 1.29 is 0 Å². The van der Waals surface area contributed by atoms with Crippen LogP contribution in [0, 0.1) is 0 Å². The van der Waals surface area contributed by atoms with Gasteiger partial charge in [0.2, 0.25) is 0 Å². The zero-order valence-electron chi connectivity index (χ0n) is 11.2. The lowest BCUT2D eigenvalue weighted by Gasteiger charge is -2.12. The van der Waals surface area contributed by atoms with Gasteiger partial charge in [-0.15, -0.1) is 0 Å². The first kappa shape index (κ1) is 12.5. The lowest BCUT2D eigenvalue weighted by atomic mass is 10.1. The topological polar surface area (TPSA) is 37.8 Å². The Labute approximate surface area is 104 Å². The van der Waals surface area contributed by atoms with Crippen molar-refractivity contribution in [1.82, 2.24) is 15.3 Å². The highest BCUT2D eigenvalue weighted by Gasteiger charge is 2.28. The van der Waals surface area contributed by atoms with Crippen LogP contribution in [-0.4, -0.2) is 16.0 Å². The SMILES string of the molecule is CCCc1ncc(CNC(C)C)c(C2CC2)n1. The molecule has 1 saturated carbocycles. The van der Waals surface area contributed by atoms with Gasteiger partial charge in [-0.2, -0.15) is 0 Å². The maximum absolute atomic E-state index is 4.75. The Morgan fingerprint density at radius 3 is 2.76 bits per heavy atom. The van der Waals surface area contributed by atoms with Crippen LogP contribution in [0.2, 0.25) is 0 Å². The lowest BCUT2D eigenvalue weighted by molar-refractivity contribution is 0.582. The molecule has 1 aromatic rings. The van der Waals surface area contributed by atoms with Crippen molar-refractivity contribution in [2.45, 2.75) is 65.0 Å². The van der Waals surface area contributed by atoms with Crippen LogP contribution in [0.15, 0.2) is 6.20 Å². The van der Waals surface area contributed by atoms with E-state index in [9.17, 15) is 0 Å². The van der Waals surface area contributed by atoms with Crippen LogP contribution >= 0.6 is 0 Å². The molecule has 1 fully saturated rings. The fourth-order valence-electron chi connectivity index (χ4n) is 1.96. The Bertz CT molecular complexity index is 370. The van der Waals surface area contributed by atoms with Crippen molar-refractivity contribution in [3.05, 3.63) is 23.3 Å². The molecule has 1 aromatic heterocycles. The minimum Gasteiger partial charge on any atom is -0.310 e. The third-order valence-corrected chi connectivity index (χ3v) is 3.09. The van der Waals surface area contributed by atoms with Crippen LogP contribution in [0.4, 0.5) is 0 Å². The number of nitrogens with zero attached hydrogens (tertiary/aromatic N) is 2. The third-order valence-electron chi connectivity index (χ3n) is 3.09. The maximum Gasteiger partial charge on any atom is 0.128 e. The van der Waals surface area contributed by atoms with Crippen molar-refractivity contribution in [2.24, 2.45) is 0 Å². The van der Waals surface area contributed by atoms with Crippen LogP contribution in [-0.2, 0) is 13.0 Å². The van der Waals surface area contributed by atoms with Gasteiger partial charge in [-0.1, -0.05) is 20.8 Å². The summed E-state index contributed by atoms with van der Waals surface area (Å²) in [5, 5.41) is 3.46. The summed E-state index contributed by atoms with van der Waals surface area (Å²) >= 11 is 0. The highest BCUT2D eigenvalue weighted by Crippen LogP contribution is 2.40. The quantitative estimate of drug-likeness (QED) is 0.821. The van der Waals surface area contributed by atoms with Gasteiger partial charge in [-0.3, -0.25) is 0 Å². The van der Waals surface area contributed by atoms with Gasteiger partial charge in [-0.05, 0) is 19.3 Å². The summed E-state index contributed by atoms with van der Waals surface area (Å²) in [5.74, 6) is 1.72. The Balaban J connectivity index is 2.13. The molecular weight excluding hydrogens is 210 g/mol. The molecular formula is C14H23N3. The summed E-state index contributed by atoms with van der Waals surface area (Å²) in [5.41, 5.74) is 2.60. The minimum atomic E-state index is 0.511. The minimum absolute atomic E-state index is 0.511. The molecule has 3 heteroatoms. The number of nitrogens with one attached hydrogen (secondary N) is 1. The zero-order chi connectivity index (χ0) is 12.3. The first-order chi connectivity index (χ1) is 8.20. The molecule has 94 valence electrons. The fourth-order valence-corrected chi connectivity index (χ4v) is 1.96. The molecule has 1 aliphatic carbocycles. The summed E-state index contributed by atoms with van der Waals surface area (Å²) in [4.78, 5) is 9.22. The zero-order valence-corrected chi connectivity index (χ0v) is 11.2. The Morgan fingerprint density at radius 1 is 1.41 bits per heavy atom. The van der Waals surface area contributed by atoms with Crippen LogP contribution in [0.1, 0.15) is 63.0 Å². The molecule has 0 aromatic carbocycles. The first-order valence-electron chi connectivity index (χ1n) is 6.78. The number of hydrogen-bond donors (Lipinski definition) is 1. The maximum atomic E-state index is 4.75. The largest absolute Gasteiger partial charge is 0.310 e. The van der Waals surface area contributed by atoms with Crippen molar-refractivity contribution in [3.8, 4) is 0 Å². The average Bonchev–Trinajstić information content (AvgIpc) is 3.11. The Kier molecular flexibility index (Phi) is 4.11. The molecule has 0 unspecified atom stereocenters. The number of aromatic nitrogens is 2. The van der Waals surface area contributed by atoms with Crippen LogP contribution in [0.25, 0.3) is 0 Å². The van der Waals surface area contributed by atoms with Gasteiger partial charge in [0, 0.05) is 36.7 Å². The van der Waals surface area contributed by atoms with Crippen molar-refractivity contribution in [3.63, 3.8) is 0 Å². The molecule has 0 bridgehead atoms. The lowest BCUT2D eigenvalue weighted by Crippen LogP contribution is -2.23. The molecule has 0 radical (unpaired) electrons. The summed E-state index contributed by atoms with van der Waals surface area (Å²) in [7, 11) is 0. The second-order valence-corrected chi connectivity index (χ2v) is 5.26. The molecule has 1 aliphatic rings. The molecule has 1 heterocycles. The van der Waals surface area contributed by atoms with Gasteiger partial charge in [0.25, 0.3) is 0 Å². The summed E-state index contributed by atoms with van der Waals surface area (Å²) in [6.45, 7) is 7.41. The van der Waals surface area contributed by atoms with E-state index in [0.29, 0.717) is 12.0 Å². The fraction of sp³-hybridized carbons (Fsp3) is 0.714. The van der Waals surface area contributed by atoms with E-state index in [2.05, 4.69) is 31.1 Å². The van der Waals surface area contributed by atoms with Gasteiger partial charge in [0.05, 0.1) is 5.69 Å². The summed E-state index contributed by atoms with van der Waals surface area (Å²) in [6.07, 6.45) is 6.75. The second-order valence-electron chi connectivity index (χ2n) is 5.26. The van der Waals surface area contributed by atoms with Gasteiger partial charge >= 0.3 is 0 Å². The van der Waals surface area contributed by atoms with E-state index >= 15 is 0 Å². The van der Waals surface area contributed by atoms with E-state index < -0.39 is 0 Å². The van der Waals surface area contributed by atoms with E-state index in [-0.39, 0.29) is 0 Å².